The highest BCUT2D eigenvalue weighted by atomic mass is 19.1. The largest absolute Gasteiger partial charge is 0.335 e. The van der Waals surface area contributed by atoms with E-state index in [4.69, 9.17) is 0 Å². The number of benzene rings is 2. The van der Waals surface area contributed by atoms with Crippen molar-refractivity contribution in [2.45, 2.75) is 25.4 Å². The summed E-state index contributed by atoms with van der Waals surface area (Å²) in [5.74, 6) is -0.413. The third-order valence-corrected chi connectivity index (χ3v) is 6.09. The van der Waals surface area contributed by atoms with Crippen LogP contribution in [0.25, 0.3) is 11.2 Å². The molecule has 0 fully saturated rings. The van der Waals surface area contributed by atoms with Gasteiger partial charge in [0.2, 0.25) is 5.91 Å². The second-order valence-corrected chi connectivity index (χ2v) is 8.29. The van der Waals surface area contributed by atoms with Crippen LogP contribution in [0.4, 0.5) is 4.39 Å². The van der Waals surface area contributed by atoms with Gasteiger partial charge in [0.25, 0.3) is 5.56 Å². The van der Waals surface area contributed by atoms with Crippen LogP contribution in [0.15, 0.2) is 70.5 Å². The van der Waals surface area contributed by atoms with Crippen LogP contribution in [0.1, 0.15) is 30.0 Å². The van der Waals surface area contributed by atoms with E-state index in [1.54, 1.807) is 35.7 Å². The molecule has 2 aromatic carbocycles. The smallest absolute Gasteiger partial charge is 0.332 e. The van der Waals surface area contributed by atoms with Gasteiger partial charge in [0.15, 0.2) is 11.2 Å². The van der Waals surface area contributed by atoms with Crippen LogP contribution in [0, 0.1) is 5.82 Å². The molecule has 0 aliphatic carbocycles. The predicted octanol–water partition coefficient (Wildman–Crippen LogP) is 2.60. The lowest BCUT2D eigenvalue weighted by Gasteiger charge is -2.29. The molecule has 34 heavy (non-hydrogen) atoms. The lowest BCUT2D eigenvalue weighted by atomic mass is 9.97. The van der Waals surface area contributed by atoms with Gasteiger partial charge in [-0.1, -0.05) is 42.5 Å². The Morgan fingerprint density at radius 1 is 1.00 bits per heavy atom. The number of halogens is 1. The summed E-state index contributed by atoms with van der Waals surface area (Å²) in [6.07, 6.45) is 2.24. The average Bonchev–Trinajstić information content (AvgIpc) is 3.27. The van der Waals surface area contributed by atoms with Crippen LogP contribution in [0.2, 0.25) is 0 Å². The maximum Gasteiger partial charge on any atom is 0.332 e. The van der Waals surface area contributed by atoms with Gasteiger partial charge in [0, 0.05) is 34.1 Å². The van der Waals surface area contributed by atoms with Gasteiger partial charge in [-0.15, -0.1) is 0 Å². The van der Waals surface area contributed by atoms with E-state index in [0.717, 1.165) is 15.7 Å². The molecule has 0 N–H and O–H groups in total. The first-order valence-electron chi connectivity index (χ1n) is 11.0. The van der Waals surface area contributed by atoms with E-state index >= 15 is 0 Å². The van der Waals surface area contributed by atoms with Crippen molar-refractivity contribution in [1.82, 2.24) is 23.6 Å². The van der Waals surface area contributed by atoms with Crippen LogP contribution in [-0.4, -0.2) is 36.5 Å². The minimum atomic E-state index is -0.438. The first kappa shape index (κ1) is 23.2. The number of carbonyl (C=O) groups is 1. The van der Waals surface area contributed by atoms with Crippen molar-refractivity contribution in [3.8, 4) is 0 Å². The monoisotopic (exact) mass is 463 g/mol. The molecule has 4 rings (SSSR count). The zero-order valence-electron chi connectivity index (χ0n) is 19.3. The van der Waals surface area contributed by atoms with Crippen LogP contribution < -0.4 is 11.2 Å². The zero-order valence-corrected chi connectivity index (χ0v) is 19.3. The Morgan fingerprint density at radius 2 is 1.65 bits per heavy atom. The Kier molecular flexibility index (Phi) is 6.45. The minimum Gasteiger partial charge on any atom is -0.335 e. The number of imidazole rings is 1. The summed E-state index contributed by atoms with van der Waals surface area (Å²) in [4.78, 5) is 43.7. The first-order valence-corrected chi connectivity index (χ1v) is 11.0. The second-order valence-electron chi connectivity index (χ2n) is 8.29. The molecule has 0 saturated heterocycles. The molecule has 4 aromatic rings. The molecule has 0 bridgehead atoms. The van der Waals surface area contributed by atoms with Gasteiger partial charge >= 0.3 is 5.69 Å². The molecule has 1 unspecified atom stereocenters. The van der Waals surface area contributed by atoms with Gasteiger partial charge in [0.05, 0.1) is 12.4 Å². The fourth-order valence-electron chi connectivity index (χ4n) is 4.21. The third kappa shape index (κ3) is 4.28. The number of aromatic nitrogens is 4. The fourth-order valence-corrected chi connectivity index (χ4v) is 4.21. The van der Waals surface area contributed by atoms with E-state index in [1.807, 2.05) is 30.3 Å². The van der Waals surface area contributed by atoms with E-state index in [-0.39, 0.29) is 24.2 Å². The molecule has 2 heterocycles. The molecule has 0 aliphatic heterocycles. The molecule has 0 radical (unpaired) electrons. The van der Waals surface area contributed by atoms with E-state index in [9.17, 15) is 18.8 Å². The molecule has 0 saturated carbocycles. The van der Waals surface area contributed by atoms with Crippen molar-refractivity contribution in [2.75, 3.05) is 7.05 Å². The van der Waals surface area contributed by atoms with Crippen molar-refractivity contribution >= 4 is 17.1 Å². The maximum absolute atomic E-state index is 13.5. The molecule has 1 amide bonds. The molecule has 2 aromatic heterocycles. The topological polar surface area (TPSA) is 82.1 Å². The summed E-state index contributed by atoms with van der Waals surface area (Å²) in [6.45, 7) is 0.399. The lowest BCUT2D eigenvalue weighted by molar-refractivity contribution is -0.131. The normalized spacial score (nSPS) is 12.1. The SMILES string of the molecule is CN(C(=O)CCCn1cnc2c1c(=O)n(C)c(=O)n2C)C(c1ccccc1)c1ccc(F)cc1. The Balaban J connectivity index is 1.52. The molecule has 1 atom stereocenters. The molecule has 0 aliphatic rings. The summed E-state index contributed by atoms with van der Waals surface area (Å²) in [5.41, 5.74) is 1.53. The highest BCUT2D eigenvalue weighted by Gasteiger charge is 2.23. The number of nitrogens with zero attached hydrogens (tertiary/aromatic N) is 5. The van der Waals surface area contributed by atoms with Crippen LogP contribution in [0.5, 0.6) is 0 Å². The van der Waals surface area contributed by atoms with Crippen LogP contribution in [-0.2, 0) is 25.4 Å². The Labute approximate surface area is 195 Å². The summed E-state index contributed by atoms with van der Waals surface area (Å²) in [7, 11) is 4.74. The van der Waals surface area contributed by atoms with Crippen molar-refractivity contribution in [3.63, 3.8) is 0 Å². The highest BCUT2D eigenvalue weighted by molar-refractivity contribution is 5.77. The second kappa shape index (κ2) is 9.46. The fraction of sp³-hybridized carbons (Fsp3) is 0.280. The zero-order chi connectivity index (χ0) is 24.4. The Bertz CT molecular complexity index is 1440. The molecule has 0 spiro atoms. The lowest BCUT2D eigenvalue weighted by Crippen LogP contribution is -2.37. The highest BCUT2D eigenvalue weighted by Crippen LogP contribution is 2.28. The number of hydrogen-bond donors (Lipinski definition) is 0. The van der Waals surface area contributed by atoms with Crippen LogP contribution >= 0.6 is 0 Å². The number of fused-ring (bicyclic) bond motifs is 1. The first-order chi connectivity index (χ1) is 16.3. The summed E-state index contributed by atoms with van der Waals surface area (Å²) >= 11 is 0. The van der Waals surface area contributed by atoms with Gasteiger partial charge in [-0.2, -0.15) is 0 Å². The molecule has 176 valence electrons. The quantitative estimate of drug-likeness (QED) is 0.422. The van der Waals surface area contributed by atoms with Crippen molar-refractivity contribution in [1.29, 1.82) is 0 Å². The van der Waals surface area contributed by atoms with Crippen molar-refractivity contribution < 1.29 is 9.18 Å². The van der Waals surface area contributed by atoms with Gasteiger partial charge in [-0.05, 0) is 29.7 Å². The molecular formula is C25H26FN5O3. The standard InChI is InChI=1S/C25H26FN5O3/c1-28(21(17-8-5-4-6-9-17)18-11-13-19(26)14-12-18)20(32)10-7-15-31-16-27-23-22(31)24(33)30(3)25(34)29(23)2/h4-6,8-9,11-14,16,21H,7,10,15H2,1-3H3. The molecular weight excluding hydrogens is 437 g/mol. The Hall–Kier alpha value is -4.01. The number of hydrogen-bond acceptors (Lipinski definition) is 4. The van der Waals surface area contributed by atoms with E-state index in [1.165, 1.54) is 30.1 Å². The van der Waals surface area contributed by atoms with Crippen LogP contribution in [0.3, 0.4) is 0 Å². The van der Waals surface area contributed by atoms with Gasteiger partial charge < -0.3 is 9.47 Å². The number of aryl methyl sites for hydroxylation is 2. The van der Waals surface area contributed by atoms with E-state index < -0.39 is 11.2 Å². The van der Waals surface area contributed by atoms with Gasteiger partial charge in [-0.3, -0.25) is 18.7 Å². The van der Waals surface area contributed by atoms with Crippen molar-refractivity contribution in [2.24, 2.45) is 14.1 Å². The van der Waals surface area contributed by atoms with Gasteiger partial charge in [-0.25, -0.2) is 14.2 Å². The van der Waals surface area contributed by atoms with Crippen molar-refractivity contribution in [3.05, 3.63) is 98.7 Å². The van der Waals surface area contributed by atoms with E-state index in [0.29, 0.717) is 24.1 Å². The number of carbonyl (C=O) groups excluding carboxylic acids is 1. The predicted molar refractivity (Wildman–Crippen MR) is 127 cm³/mol. The minimum absolute atomic E-state index is 0.0806. The third-order valence-electron chi connectivity index (χ3n) is 6.09. The molecule has 8 nitrogen and oxygen atoms in total. The van der Waals surface area contributed by atoms with E-state index in [2.05, 4.69) is 4.98 Å². The summed E-state index contributed by atoms with van der Waals surface area (Å²) in [5, 5.41) is 0. The Morgan fingerprint density at radius 3 is 2.32 bits per heavy atom. The van der Waals surface area contributed by atoms with Gasteiger partial charge in [0.1, 0.15) is 5.82 Å². The number of rotatable bonds is 7. The summed E-state index contributed by atoms with van der Waals surface area (Å²) < 4.78 is 17.6. The molecule has 9 heteroatoms. The summed E-state index contributed by atoms with van der Waals surface area (Å²) in [6, 6.07) is 15.4. The maximum atomic E-state index is 13.5. The average molecular weight is 464 g/mol. The number of amides is 1.